The number of halogens is 2. The Balaban J connectivity index is 0.00000484. The van der Waals surface area contributed by atoms with Crippen LogP contribution in [0.2, 0.25) is 4.34 Å². The molecular weight excluding hydrogens is 599 g/mol. The van der Waals surface area contributed by atoms with Crippen molar-refractivity contribution in [2.45, 2.75) is 25.6 Å². The zero-order chi connectivity index (χ0) is 29.9. The summed E-state index contributed by atoms with van der Waals surface area (Å²) in [5.41, 5.74) is -0.983. The molecule has 2 atom stereocenters. The summed E-state index contributed by atoms with van der Waals surface area (Å²) in [7, 11) is 0. The number of thiophene rings is 1. The third-order valence-electron chi connectivity index (χ3n) is 6.77. The fourth-order valence-corrected chi connectivity index (χ4v) is 5.80. The average molecular weight is 631 g/mol. The Hall–Kier alpha value is -3.23. The minimum Gasteiger partial charge on any atom is -0.478 e. The normalized spacial score (nSPS) is 18.8. The van der Waals surface area contributed by atoms with Gasteiger partial charge >= 0.3 is 12.1 Å². The lowest BCUT2D eigenvalue weighted by atomic mass is 9.92. The van der Waals surface area contributed by atoms with E-state index in [4.69, 9.17) is 22.4 Å². The van der Waals surface area contributed by atoms with Crippen LogP contribution in [0.3, 0.4) is 0 Å². The van der Waals surface area contributed by atoms with Crippen molar-refractivity contribution in [1.82, 2.24) is 10.2 Å². The van der Waals surface area contributed by atoms with E-state index in [1.54, 1.807) is 43.0 Å². The molecule has 2 aliphatic rings. The molecule has 1 aromatic heterocycles. The van der Waals surface area contributed by atoms with Gasteiger partial charge in [0.25, 0.3) is 11.8 Å². The molecule has 0 radical (unpaired) electrons. The largest absolute Gasteiger partial charge is 0.478 e. The molecule has 0 bridgehead atoms. The highest BCUT2D eigenvalue weighted by molar-refractivity contribution is 7.18. The standard InChI is InChI=1S/C26H29ClN4O8S.ClH/c1-16(2)26(24(35)36,28-9-11-32)31(23(34)20-7-8-21(27)40-20)14-19-13-30(25(37)39-19)18-5-3-17(4-6-18)29-10-12-38-15-22(29)33;/h3-8,11,16,19,28H,9-10,12-15H2,1-2H3,(H,35,36);1H/t19-,26-;/m1./s1/i11D;. The Morgan fingerprint density at radius 2 is 1.90 bits per heavy atom. The van der Waals surface area contributed by atoms with Gasteiger partial charge in [0.05, 0.1) is 35.5 Å². The van der Waals surface area contributed by atoms with Crippen molar-refractivity contribution >= 4 is 76.9 Å². The molecule has 1 aromatic carbocycles. The minimum absolute atomic E-state index is 0. The fraction of sp³-hybridized carbons (Fsp3) is 0.423. The van der Waals surface area contributed by atoms with Crippen LogP contribution < -0.4 is 15.1 Å². The van der Waals surface area contributed by atoms with E-state index in [0.717, 1.165) is 16.2 Å². The molecule has 15 heteroatoms. The number of cyclic esters (lactones) is 1. The molecule has 2 N–H and O–H groups in total. The van der Waals surface area contributed by atoms with Crippen LogP contribution in [-0.4, -0.2) is 91.3 Å². The van der Waals surface area contributed by atoms with Gasteiger partial charge in [-0.25, -0.2) is 9.59 Å². The molecule has 41 heavy (non-hydrogen) atoms. The summed E-state index contributed by atoms with van der Waals surface area (Å²) in [6.45, 7) is 2.97. The van der Waals surface area contributed by atoms with Crippen molar-refractivity contribution in [2.75, 3.05) is 49.2 Å². The lowest BCUT2D eigenvalue weighted by Gasteiger charge is -2.44. The number of carboxylic acid groups (broad SMARTS) is 1. The van der Waals surface area contributed by atoms with E-state index in [0.29, 0.717) is 28.9 Å². The third-order valence-corrected chi connectivity index (χ3v) is 7.98. The molecule has 2 aromatic rings. The number of benzene rings is 1. The van der Waals surface area contributed by atoms with Gasteiger partial charge in [0.15, 0.2) is 5.66 Å². The highest BCUT2D eigenvalue weighted by Gasteiger charge is 2.51. The van der Waals surface area contributed by atoms with Crippen molar-refractivity contribution in [3.05, 3.63) is 45.6 Å². The molecule has 0 spiro atoms. The van der Waals surface area contributed by atoms with Crippen LogP contribution in [0.25, 0.3) is 0 Å². The first-order valence-corrected chi connectivity index (χ1v) is 13.6. The Morgan fingerprint density at radius 3 is 2.44 bits per heavy atom. The molecule has 2 saturated heterocycles. The summed E-state index contributed by atoms with van der Waals surface area (Å²) in [5.74, 6) is -3.09. The van der Waals surface area contributed by atoms with E-state index in [2.05, 4.69) is 5.32 Å². The summed E-state index contributed by atoms with van der Waals surface area (Å²) < 4.78 is 18.3. The van der Waals surface area contributed by atoms with Gasteiger partial charge in [0.2, 0.25) is 0 Å². The van der Waals surface area contributed by atoms with Crippen molar-refractivity contribution in [3.63, 3.8) is 0 Å². The van der Waals surface area contributed by atoms with Gasteiger partial charge in [-0.2, -0.15) is 0 Å². The van der Waals surface area contributed by atoms with Crippen LogP contribution in [0.4, 0.5) is 16.2 Å². The first kappa shape index (κ1) is 30.7. The predicted molar refractivity (Wildman–Crippen MR) is 154 cm³/mol. The van der Waals surface area contributed by atoms with E-state index in [1.165, 1.54) is 17.0 Å². The van der Waals surface area contributed by atoms with Crippen molar-refractivity contribution in [2.24, 2.45) is 5.92 Å². The number of carbonyl (C=O) groups excluding carboxylic acids is 4. The molecule has 0 saturated carbocycles. The molecule has 3 heterocycles. The van der Waals surface area contributed by atoms with E-state index < -0.39 is 48.5 Å². The number of aliphatic carboxylic acids is 1. The van der Waals surface area contributed by atoms with Crippen molar-refractivity contribution < 1.29 is 39.9 Å². The molecule has 12 nitrogen and oxygen atoms in total. The molecule has 0 aliphatic carbocycles. The maximum atomic E-state index is 13.7. The molecular formula is C26H30Cl2N4O8S. The Bertz CT molecular complexity index is 1340. The quantitative estimate of drug-likeness (QED) is 0.283. The number of nitrogens with one attached hydrogen (secondary N) is 1. The van der Waals surface area contributed by atoms with Crippen LogP contribution in [0.1, 0.15) is 24.9 Å². The number of carbonyl (C=O) groups is 5. The number of aldehydes is 1. The number of ether oxygens (including phenoxy) is 2. The van der Waals surface area contributed by atoms with E-state index in [1.807, 2.05) is 0 Å². The zero-order valence-electron chi connectivity index (χ0n) is 23.2. The second-order valence-electron chi connectivity index (χ2n) is 9.47. The summed E-state index contributed by atoms with van der Waals surface area (Å²) in [6.07, 6.45) is -2.70. The van der Waals surface area contributed by atoms with E-state index in [-0.39, 0.29) is 42.9 Å². The van der Waals surface area contributed by atoms with Gasteiger partial charge < -0.3 is 29.2 Å². The van der Waals surface area contributed by atoms with Gasteiger partial charge in [-0.15, -0.1) is 23.7 Å². The predicted octanol–water partition coefficient (Wildman–Crippen LogP) is 2.88. The summed E-state index contributed by atoms with van der Waals surface area (Å²) in [4.78, 5) is 67.2. The first-order chi connectivity index (χ1) is 19.4. The SMILES string of the molecule is Cl.[2H]C(=O)CN[C@](C(=O)O)(C(C)C)N(C[C@H]1CN(c2ccc(N3CCOCC3=O)cc2)C(=O)O1)C(=O)c1ccc(Cl)s1. The number of carboxylic acids is 1. The van der Waals surface area contributed by atoms with Crippen molar-refractivity contribution in [3.8, 4) is 0 Å². The second-order valence-corrected chi connectivity index (χ2v) is 11.2. The first-order valence-electron chi connectivity index (χ1n) is 13.0. The fourth-order valence-electron chi connectivity index (χ4n) is 4.80. The second kappa shape index (κ2) is 13.6. The Labute approximate surface area is 252 Å². The van der Waals surface area contributed by atoms with Crippen molar-refractivity contribution in [1.29, 1.82) is 0 Å². The topological polar surface area (TPSA) is 146 Å². The molecule has 3 amide bonds. The van der Waals surface area contributed by atoms with Gasteiger partial charge in [-0.3, -0.25) is 19.8 Å². The lowest BCUT2D eigenvalue weighted by Crippen LogP contribution is -2.70. The minimum atomic E-state index is -2.11. The van der Waals surface area contributed by atoms with E-state index >= 15 is 0 Å². The summed E-state index contributed by atoms with van der Waals surface area (Å²) >= 11 is 6.99. The lowest BCUT2D eigenvalue weighted by molar-refractivity contribution is -0.157. The smallest absolute Gasteiger partial charge is 0.414 e. The molecule has 2 aliphatic heterocycles. The van der Waals surface area contributed by atoms with Gasteiger partial charge in [0.1, 0.15) is 20.3 Å². The van der Waals surface area contributed by atoms with Gasteiger partial charge in [-0.05, 0) is 36.4 Å². The van der Waals surface area contributed by atoms with E-state index in [9.17, 15) is 29.1 Å². The monoisotopic (exact) mass is 629 g/mol. The third kappa shape index (κ3) is 6.65. The maximum absolute atomic E-state index is 13.7. The molecule has 4 rings (SSSR count). The number of anilines is 2. The zero-order valence-corrected chi connectivity index (χ0v) is 24.6. The Morgan fingerprint density at radius 1 is 1.24 bits per heavy atom. The summed E-state index contributed by atoms with van der Waals surface area (Å²) in [5, 5.41) is 13.0. The number of rotatable bonds is 11. The average Bonchev–Trinajstić information content (AvgIpc) is 3.52. The number of hydrogen-bond acceptors (Lipinski definition) is 9. The van der Waals surface area contributed by atoms with Crippen LogP contribution in [0.5, 0.6) is 0 Å². The molecule has 2 fully saturated rings. The highest BCUT2D eigenvalue weighted by Crippen LogP contribution is 2.32. The van der Waals surface area contributed by atoms with Gasteiger partial charge in [-0.1, -0.05) is 25.4 Å². The highest BCUT2D eigenvalue weighted by atomic mass is 35.5. The van der Waals surface area contributed by atoms with Crippen LogP contribution >= 0.6 is 35.3 Å². The van der Waals surface area contributed by atoms with Crippen LogP contribution in [0, 0.1) is 5.92 Å². The number of morpholine rings is 1. The van der Waals surface area contributed by atoms with Crippen LogP contribution in [0.15, 0.2) is 36.4 Å². The molecule has 0 unspecified atom stereocenters. The number of nitrogens with zero attached hydrogens (tertiary/aromatic N) is 3. The molecule has 222 valence electrons. The maximum Gasteiger partial charge on any atom is 0.414 e. The van der Waals surface area contributed by atoms with Gasteiger partial charge in [0, 0.05) is 23.8 Å². The van der Waals surface area contributed by atoms with Crippen LogP contribution in [-0.2, 0) is 23.9 Å². The number of amides is 3. The Kier molecular flexibility index (Phi) is 10.2. The summed E-state index contributed by atoms with van der Waals surface area (Å²) in [6, 6.07) is 9.68. The number of hydrogen-bond donors (Lipinski definition) is 2.